The predicted octanol–water partition coefficient (Wildman–Crippen LogP) is 2.70. The first-order chi connectivity index (χ1) is 7.38. The van der Waals surface area contributed by atoms with Gasteiger partial charge in [0.2, 0.25) is 0 Å². The Labute approximate surface area is 97.1 Å². The fourth-order valence-corrected chi connectivity index (χ4v) is 2.39. The number of rotatable bonds is 5. The summed E-state index contributed by atoms with van der Waals surface area (Å²) < 4.78 is 5.24. The van der Waals surface area contributed by atoms with Crippen LogP contribution in [-0.2, 0) is 19.3 Å². The molecule has 0 bridgehead atoms. The van der Waals surface area contributed by atoms with E-state index >= 15 is 0 Å². The molecule has 5 heteroatoms. The zero-order chi connectivity index (χ0) is 10.5. The van der Waals surface area contributed by atoms with Gasteiger partial charge in [0.05, 0.1) is 6.26 Å². The number of aryl methyl sites for hydroxylation is 3. The number of hydrogen-bond acceptors (Lipinski definition) is 4. The fraction of sp³-hybridized carbons (Fsp3) is 0.400. The summed E-state index contributed by atoms with van der Waals surface area (Å²) in [5.41, 5.74) is 0. The van der Waals surface area contributed by atoms with Crippen molar-refractivity contribution >= 4 is 22.9 Å². The normalized spacial score (nSPS) is 10.7. The number of hydrogen-bond donors (Lipinski definition) is 0. The van der Waals surface area contributed by atoms with Crippen LogP contribution in [0.3, 0.4) is 0 Å². The molecule has 0 amide bonds. The highest BCUT2D eigenvalue weighted by Crippen LogP contribution is 2.13. The molecule has 2 aromatic rings. The second kappa shape index (κ2) is 5.28. The van der Waals surface area contributed by atoms with E-state index in [9.17, 15) is 0 Å². The number of alkyl halides is 1. The molecule has 0 aromatic carbocycles. The molecule has 0 radical (unpaired) electrons. The van der Waals surface area contributed by atoms with Gasteiger partial charge in [-0.2, -0.15) is 0 Å². The van der Waals surface area contributed by atoms with Gasteiger partial charge in [0, 0.05) is 25.1 Å². The van der Waals surface area contributed by atoms with E-state index in [1.54, 1.807) is 17.6 Å². The van der Waals surface area contributed by atoms with Crippen molar-refractivity contribution in [3.63, 3.8) is 0 Å². The smallest absolute Gasteiger partial charge is 0.118 e. The van der Waals surface area contributed by atoms with Crippen molar-refractivity contribution in [2.75, 3.05) is 5.88 Å². The van der Waals surface area contributed by atoms with Crippen LogP contribution in [0, 0.1) is 0 Å². The Balaban J connectivity index is 1.88. The molecule has 0 unspecified atom stereocenters. The van der Waals surface area contributed by atoms with Crippen molar-refractivity contribution in [1.29, 1.82) is 0 Å². The Morgan fingerprint density at radius 2 is 2.00 bits per heavy atom. The van der Waals surface area contributed by atoms with Crippen molar-refractivity contribution in [3.05, 3.63) is 34.2 Å². The summed E-state index contributed by atoms with van der Waals surface area (Å²) in [5.74, 6) is 1.59. The van der Waals surface area contributed by atoms with Crippen LogP contribution in [0.5, 0.6) is 0 Å². The molecule has 0 aliphatic heterocycles. The average molecular weight is 243 g/mol. The molecule has 2 aromatic heterocycles. The summed E-state index contributed by atoms with van der Waals surface area (Å²) in [7, 11) is 0. The SMILES string of the molecule is ClCCc1nnc(CCc2ccco2)s1. The third kappa shape index (κ3) is 3.04. The van der Waals surface area contributed by atoms with Crippen LogP contribution >= 0.6 is 22.9 Å². The van der Waals surface area contributed by atoms with Gasteiger partial charge in [0.1, 0.15) is 15.8 Å². The molecule has 0 aliphatic rings. The minimum absolute atomic E-state index is 0.604. The van der Waals surface area contributed by atoms with Crippen LogP contribution in [0.4, 0.5) is 0 Å². The van der Waals surface area contributed by atoms with Gasteiger partial charge in [-0.25, -0.2) is 0 Å². The molecule has 2 rings (SSSR count). The second-order valence-corrected chi connectivity index (χ2v) is 4.63. The zero-order valence-electron chi connectivity index (χ0n) is 8.15. The lowest BCUT2D eigenvalue weighted by molar-refractivity contribution is 0.508. The molecular weight excluding hydrogens is 232 g/mol. The van der Waals surface area contributed by atoms with Gasteiger partial charge in [-0.3, -0.25) is 0 Å². The minimum atomic E-state index is 0.604. The van der Waals surface area contributed by atoms with E-state index in [2.05, 4.69) is 10.2 Å². The highest BCUT2D eigenvalue weighted by Gasteiger charge is 2.04. The largest absolute Gasteiger partial charge is 0.469 e. The number of furan rings is 1. The molecule has 0 atom stereocenters. The van der Waals surface area contributed by atoms with Gasteiger partial charge in [0.15, 0.2) is 0 Å². The second-order valence-electron chi connectivity index (χ2n) is 3.11. The summed E-state index contributed by atoms with van der Waals surface area (Å²) >= 11 is 7.26. The van der Waals surface area contributed by atoms with Gasteiger partial charge in [-0.05, 0) is 12.1 Å². The van der Waals surface area contributed by atoms with Crippen molar-refractivity contribution in [3.8, 4) is 0 Å². The van der Waals surface area contributed by atoms with E-state index in [4.69, 9.17) is 16.0 Å². The Bertz CT molecular complexity index is 399. The molecule has 0 saturated heterocycles. The predicted molar refractivity (Wildman–Crippen MR) is 60.4 cm³/mol. The Hall–Kier alpha value is -0.870. The number of nitrogens with zero attached hydrogens (tertiary/aromatic N) is 2. The van der Waals surface area contributed by atoms with Crippen LogP contribution < -0.4 is 0 Å². The van der Waals surface area contributed by atoms with Gasteiger partial charge in [-0.1, -0.05) is 0 Å². The highest BCUT2D eigenvalue weighted by atomic mass is 35.5. The summed E-state index contributed by atoms with van der Waals surface area (Å²) in [4.78, 5) is 0. The Kier molecular flexibility index (Phi) is 3.75. The maximum Gasteiger partial charge on any atom is 0.118 e. The van der Waals surface area contributed by atoms with Crippen molar-refractivity contribution in [1.82, 2.24) is 10.2 Å². The quantitative estimate of drug-likeness (QED) is 0.757. The van der Waals surface area contributed by atoms with Crippen LogP contribution in [0.15, 0.2) is 22.8 Å². The standard InChI is InChI=1S/C10H11ClN2OS/c11-6-5-10-13-12-9(15-10)4-3-8-2-1-7-14-8/h1-2,7H,3-6H2. The van der Waals surface area contributed by atoms with Crippen molar-refractivity contribution in [2.45, 2.75) is 19.3 Å². The molecule has 0 saturated carbocycles. The summed E-state index contributed by atoms with van der Waals surface area (Å²) in [5, 5.41) is 10.2. The van der Waals surface area contributed by atoms with Crippen molar-refractivity contribution in [2.24, 2.45) is 0 Å². The van der Waals surface area contributed by atoms with E-state index in [1.807, 2.05) is 12.1 Å². The van der Waals surface area contributed by atoms with Crippen LogP contribution in [-0.4, -0.2) is 16.1 Å². The summed E-state index contributed by atoms with van der Waals surface area (Å²) in [6.07, 6.45) is 4.25. The fourth-order valence-electron chi connectivity index (χ4n) is 1.26. The van der Waals surface area contributed by atoms with Gasteiger partial charge in [0.25, 0.3) is 0 Å². The Morgan fingerprint density at radius 1 is 1.20 bits per heavy atom. The molecule has 80 valence electrons. The molecular formula is C10H11ClN2OS. The average Bonchev–Trinajstić information content (AvgIpc) is 2.85. The van der Waals surface area contributed by atoms with Crippen molar-refractivity contribution < 1.29 is 4.42 Å². The third-order valence-electron chi connectivity index (χ3n) is 1.98. The maximum atomic E-state index is 5.63. The third-order valence-corrected chi connectivity index (χ3v) is 3.21. The van der Waals surface area contributed by atoms with Crippen LogP contribution in [0.25, 0.3) is 0 Å². The van der Waals surface area contributed by atoms with Gasteiger partial charge in [-0.15, -0.1) is 33.1 Å². The minimum Gasteiger partial charge on any atom is -0.469 e. The first-order valence-electron chi connectivity index (χ1n) is 4.78. The molecule has 0 aliphatic carbocycles. The molecule has 0 spiro atoms. The lowest BCUT2D eigenvalue weighted by atomic mass is 10.2. The van der Waals surface area contributed by atoms with Gasteiger partial charge >= 0.3 is 0 Å². The number of aromatic nitrogens is 2. The molecule has 0 fully saturated rings. The molecule has 15 heavy (non-hydrogen) atoms. The number of halogens is 1. The molecule has 0 N–H and O–H groups in total. The summed E-state index contributed by atoms with van der Waals surface area (Å²) in [6.45, 7) is 0. The first-order valence-corrected chi connectivity index (χ1v) is 6.13. The lowest BCUT2D eigenvalue weighted by Gasteiger charge is -1.91. The monoisotopic (exact) mass is 242 g/mol. The Morgan fingerprint density at radius 3 is 2.67 bits per heavy atom. The lowest BCUT2D eigenvalue weighted by Crippen LogP contribution is -1.88. The highest BCUT2D eigenvalue weighted by molar-refractivity contribution is 7.11. The zero-order valence-corrected chi connectivity index (χ0v) is 9.72. The van der Waals surface area contributed by atoms with E-state index in [0.717, 1.165) is 35.0 Å². The van der Waals surface area contributed by atoms with Gasteiger partial charge < -0.3 is 4.42 Å². The topological polar surface area (TPSA) is 38.9 Å². The van der Waals surface area contributed by atoms with Crippen LogP contribution in [0.1, 0.15) is 15.8 Å². The first kappa shape index (κ1) is 10.6. The molecule has 3 nitrogen and oxygen atoms in total. The van der Waals surface area contributed by atoms with Crippen LogP contribution in [0.2, 0.25) is 0 Å². The van der Waals surface area contributed by atoms with E-state index < -0.39 is 0 Å². The van der Waals surface area contributed by atoms with E-state index in [-0.39, 0.29) is 0 Å². The molecule has 2 heterocycles. The van der Waals surface area contributed by atoms with E-state index in [1.165, 1.54) is 0 Å². The summed E-state index contributed by atoms with van der Waals surface area (Å²) in [6, 6.07) is 3.87. The maximum absolute atomic E-state index is 5.63. The van der Waals surface area contributed by atoms with E-state index in [0.29, 0.717) is 5.88 Å².